The number of hydrogen-bond donors (Lipinski definition) is 1. The summed E-state index contributed by atoms with van der Waals surface area (Å²) in [5.41, 5.74) is 7.08. The fraction of sp³-hybridized carbons (Fsp3) is 0.333. The first-order valence-electron chi connectivity index (χ1n) is 3.65. The van der Waals surface area contributed by atoms with E-state index in [9.17, 15) is 0 Å². The number of nitrogens with two attached hydrogens (primary N) is 1. The molecule has 0 amide bonds. The highest BCUT2D eigenvalue weighted by Gasteiger charge is 1.99. The Morgan fingerprint density at radius 1 is 1.36 bits per heavy atom. The van der Waals surface area contributed by atoms with Gasteiger partial charge in [0.25, 0.3) is 0 Å². The van der Waals surface area contributed by atoms with Gasteiger partial charge in [-0.1, -0.05) is 30.3 Å². The van der Waals surface area contributed by atoms with Crippen LogP contribution in [0.25, 0.3) is 0 Å². The van der Waals surface area contributed by atoms with Gasteiger partial charge in [-0.15, -0.1) is 11.8 Å². The summed E-state index contributed by atoms with van der Waals surface area (Å²) in [6, 6.07) is 10.3. The number of benzene rings is 1. The maximum Gasteiger partial charge on any atom is 0.0545 e. The molecule has 0 aliphatic rings. The summed E-state index contributed by atoms with van der Waals surface area (Å²) in [6.45, 7) is 0. The lowest BCUT2D eigenvalue weighted by molar-refractivity contribution is 0.904. The van der Waals surface area contributed by atoms with Gasteiger partial charge in [-0.25, -0.2) is 0 Å². The topological polar surface area (TPSA) is 26.0 Å². The van der Waals surface area contributed by atoms with Crippen LogP contribution >= 0.6 is 11.8 Å². The fourth-order valence-corrected chi connectivity index (χ4v) is 1.29. The summed E-state index contributed by atoms with van der Waals surface area (Å²) in [4.78, 5) is 0. The molecule has 1 nitrogen and oxygen atoms in total. The van der Waals surface area contributed by atoms with Crippen LogP contribution in [-0.2, 0) is 6.42 Å². The Labute approximate surface area is 72.0 Å². The van der Waals surface area contributed by atoms with Crippen molar-refractivity contribution in [2.24, 2.45) is 5.73 Å². The lowest BCUT2D eigenvalue weighted by Gasteiger charge is -2.06. The molecule has 0 fully saturated rings. The molecular weight excluding hydrogens is 154 g/mol. The Balaban J connectivity index is 2.51. The van der Waals surface area contributed by atoms with Gasteiger partial charge in [0.1, 0.15) is 0 Å². The van der Waals surface area contributed by atoms with Crippen molar-refractivity contribution < 1.29 is 0 Å². The quantitative estimate of drug-likeness (QED) is 0.696. The van der Waals surface area contributed by atoms with Crippen molar-refractivity contribution >= 4 is 11.8 Å². The Morgan fingerprint density at radius 2 is 2.00 bits per heavy atom. The zero-order chi connectivity index (χ0) is 8.10. The van der Waals surface area contributed by atoms with E-state index in [0.717, 1.165) is 6.42 Å². The molecule has 0 bridgehead atoms. The van der Waals surface area contributed by atoms with Crippen LogP contribution in [0.1, 0.15) is 5.56 Å². The highest BCUT2D eigenvalue weighted by atomic mass is 32.2. The summed E-state index contributed by atoms with van der Waals surface area (Å²) in [6.07, 6.45) is 3.00. The van der Waals surface area contributed by atoms with Gasteiger partial charge in [-0.05, 0) is 18.2 Å². The molecule has 2 heteroatoms. The molecule has 0 saturated heterocycles. The zero-order valence-corrected chi connectivity index (χ0v) is 7.47. The van der Waals surface area contributed by atoms with Crippen LogP contribution in [0, 0.1) is 0 Å². The van der Waals surface area contributed by atoms with Crippen molar-refractivity contribution in [3.05, 3.63) is 35.9 Å². The number of hydrogen-bond acceptors (Lipinski definition) is 2. The van der Waals surface area contributed by atoms with Gasteiger partial charge >= 0.3 is 0 Å². The van der Waals surface area contributed by atoms with Gasteiger partial charge in [-0.3, -0.25) is 0 Å². The predicted molar refractivity (Wildman–Crippen MR) is 51.6 cm³/mol. The van der Waals surface area contributed by atoms with Crippen molar-refractivity contribution in [2.75, 3.05) is 6.26 Å². The van der Waals surface area contributed by atoms with Crippen molar-refractivity contribution in [1.29, 1.82) is 0 Å². The molecule has 1 atom stereocenters. The Morgan fingerprint density at radius 3 is 2.55 bits per heavy atom. The molecule has 0 aromatic heterocycles. The van der Waals surface area contributed by atoms with Gasteiger partial charge in [0.15, 0.2) is 0 Å². The minimum absolute atomic E-state index is 0.234. The van der Waals surface area contributed by atoms with Crippen molar-refractivity contribution in [1.82, 2.24) is 0 Å². The van der Waals surface area contributed by atoms with Gasteiger partial charge in [0, 0.05) is 0 Å². The maximum absolute atomic E-state index is 5.77. The lowest BCUT2D eigenvalue weighted by atomic mass is 10.2. The zero-order valence-electron chi connectivity index (χ0n) is 6.66. The summed E-state index contributed by atoms with van der Waals surface area (Å²) in [5, 5.41) is 0.234. The third kappa shape index (κ3) is 2.95. The summed E-state index contributed by atoms with van der Waals surface area (Å²) in [7, 11) is 0. The molecule has 0 heterocycles. The SMILES string of the molecule is CS[C@@H](N)Cc1ccccc1. The predicted octanol–water partition coefficient (Wildman–Crippen LogP) is 1.88. The molecule has 0 saturated carbocycles. The highest BCUT2D eigenvalue weighted by molar-refractivity contribution is 7.99. The third-order valence-electron chi connectivity index (χ3n) is 1.58. The van der Waals surface area contributed by atoms with Crippen LogP contribution in [-0.4, -0.2) is 11.6 Å². The Kier molecular flexibility index (Phi) is 3.46. The fourth-order valence-electron chi connectivity index (χ4n) is 0.930. The summed E-state index contributed by atoms with van der Waals surface area (Å²) in [5.74, 6) is 0. The van der Waals surface area contributed by atoms with E-state index >= 15 is 0 Å². The molecule has 0 aliphatic carbocycles. The van der Waals surface area contributed by atoms with Crippen molar-refractivity contribution in [2.45, 2.75) is 11.8 Å². The summed E-state index contributed by atoms with van der Waals surface area (Å²) < 4.78 is 0. The Hall–Kier alpha value is -0.470. The minimum atomic E-state index is 0.234. The first-order chi connectivity index (χ1) is 5.33. The molecule has 0 spiro atoms. The average Bonchev–Trinajstić information content (AvgIpc) is 2.06. The van der Waals surface area contributed by atoms with Gasteiger partial charge in [0.05, 0.1) is 5.37 Å². The molecule has 1 rings (SSSR count). The van der Waals surface area contributed by atoms with E-state index < -0.39 is 0 Å². The molecule has 0 radical (unpaired) electrons. The number of rotatable bonds is 3. The van der Waals surface area contributed by atoms with Crippen molar-refractivity contribution in [3.8, 4) is 0 Å². The largest absolute Gasteiger partial charge is 0.319 e. The summed E-state index contributed by atoms with van der Waals surface area (Å²) >= 11 is 1.70. The van der Waals surface area contributed by atoms with E-state index in [2.05, 4.69) is 12.1 Å². The van der Waals surface area contributed by atoms with Crippen LogP contribution < -0.4 is 5.73 Å². The van der Waals surface area contributed by atoms with Crippen LogP contribution in [0.5, 0.6) is 0 Å². The lowest BCUT2D eigenvalue weighted by Crippen LogP contribution is -2.17. The second kappa shape index (κ2) is 4.42. The molecule has 60 valence electrons. The standard InChI is InChI=1S/C9H13NS/c1-11-9(10)7-8-5-3-2-4-6-8/h2-6,9H,7,10H2,1H3/t9-/m1/s1. The van der Waals surface area contributed by atoms with Crippen LogP contribution in [0.15, 0.2) is 30.3 Å². The molecular formula is C9H13NS. The number of thioether (sulfide) groups is 1. The molecule has 1 aromatic rings. The van der Waals surface area contributed by atoms with Gasteiger partial charge in [-0.2, -0.15) is 0 Å². The third-order valence-corrected chi connectivity index (χ3v) is 2.35. The normalized spacial score (nSPS) is 12.9. The van der Waals surface area contributed by atoms with E-state index in [0.29, 0.717) is 0 Å². The van der Waals surface area contributed by atoms with Crippen LogP contribution in [0.2, 0.25) is 0 Å². The van der Waals surface area contributed by atoms with E-state index in [-0.39, 0.29) is 5.37 Å². The van der Waals surface area contributed by atoms with E-state index in [4.69, 9.17) is 5.73 Å². The maximum atomic E-state index is 5.77. The molecule has 2 N–H and O–H groups in total. The van der Waals surface area contributed by atoms with Gasteiger partial charge < -0.3 is 5.73 Å². The molecule has 0 aliphatic heterocycles. The van der Waals surface area contributed by atoms with E-state index in [1.807, 2.05) is 24.5 Å². The monoisotopic (exact) mass is 167 g/mol. The van der Waals surface area contributed by atoms with E-state index in [1.54, 1.807) is 11.8 Å². The second-order valence-corrected chi connectivity index (χ2v) is 3.54. The smallest absolute Gasteiger partial charge is 0.0545 e. The van der Waals surface area contributed by atoms with Crippen molar-refractivity contribution in [3.63, 3.8) is 0 Å². The second-order valence-electron chi connectivity index (χ2n) is 2.46. The highest BCUT2D eigenvalue weighted by Crippen LogP contribution is 2.08. The first kappa shape index (κ1) is 8.62. The minimum Gasteiger partial charge on any atom is -0.319 e. The first-order valence-corrected chi connectivity index (χ1v) is 4.94. The van der Waals surface area contributed by atoms with E-state index in [1.165, 1.54) is 5.56 Å². The van der Waals surface area contributed by atoms with Crippen LogP contribution in [0.4, 0.5) is 0 Å². The molecule has 0 unspecified atom stereocenters. The molecule has 1 aromatic carbocycles. The van der Waals surface area contributed by atoms with Crippen LogP contribution in [0.3, 0.4) is 0 Å². The van der Waals surface area contributed by atoms with Gasteiger partial charge in [0.2, 0.25) is 0 Å². The molecule has 11 heavy (non-hydrogen) atoms. The Bertz CT molecular complexity index is 198. The average molecular weight is 167 g/mol.